The van der Waals surface area contributed by atoms with Crippen molar-refractivity contribution in [2.45, 2.75) is 31.3 Å². The number of likely N-dealkylation sites (N-methyl/N-ethyl adjacent to an activating group) is 1. The van der Waals surface area contributed by atoms with Crippen LogP contribution in [0.25, 0.3) is 0 Å². The summed E-state index contributed by atoms with van der Waals surface area (Å²) >= 11 is 0. The number of anilines is 2. The Morgan fingerprint density at radius 3 is 2.75 bits per heavy atom. The van der Waals surface area contributed by atoms with Gasteiger partial charge in [-0.1, -0.05) is 0 Å². The van der Waals surface area contributed by atoms with Gasteiger partial charge in [0.2, 0.25) is 0 Å². The van der Waals surface area contributed by atoms with Gasteiger partial charge >= 0.3 is 0 Å². The second-order valence-electron chi connectivity index (χ2n) is 5.83. The molecule has 0 aromatic heterocycles. The van der Waals surface area contributed by atoms with Crippen LogP contribution in [-0.4, -0.2) is 44.2 Å². The lowest BCUT2D eigenvalue weighted by Crippen LogP contribution is -2.36. The summed E-state index contributed by atoms with van der Waals surface area (Å²) in [6.07, 6.45) is 3.65. The van der Waals surface area contributed by atoms with Crippen LogP contribution < -0.4 is 15.4 Å². The van der Waals surface area contributed by atoms with Gasteiger partial charge in [-0.25, -0.2) is 4.39 Å². The zero-order valence-electron chi connectivity index (χ0n) is 12.1. The fourth-order valence-corrected chi connectivity index (χ4v) is 3.52. The van der Waals surface area contributed by atoms with Crippen molar-refractivity contribution in [3.8, 4) is 5.75 Å². The van der Waals surface area contributed by atoms with E-state index in [0.717, 1.165) is 25.2 Å². The summed E-state index contributed by atoms with van der Waals surface area (Å²) in [6.45, 7) is 1.91. The van der Waals surface area contributed by atoms with E-state index in [1.807, 2.05) is 0 Å². The molecule has 20 heavy (non-hydrogen) atoms. The van der Waals surface area contributed by atoms with E-state index >= 15 is 0 Å². The summed E-state index contributed by atoms with van der Waals surface area (Å²) in [5.74, 6) is -0.140. The van der Waals surface area contributed by atoms with Crippen molar-refractivity contribution < 1.29 is 9.13 Å². The summed E-state index contributed by atoms with van der Waals surface area (Å²) in [7, 11) is 3.69. The molecular weight excluding hydrogens is 257 g/mol. The zero-order chi connectivity index (χ0) is 14.3. The van der Waals surface area contributed by atoms with Crippen LogP contribution in [0.1, 0.15) is 19.3 Å². The van der Waals surface area contributed by atoms with Crippen LogP contribution in [0.15, 0.2) is 12.1 Å². The van der Waals surface area contributed by atoms with Crippen molar-refractivity contribution in [2.75, 3.05) is 37.9 Å². The minimum atomic E-state index is -0.401. The van der Waals surface area contributed by atoms with Gasteiger partial charge in [0.1, 0.15) is 0 Å². The Balaban J connectivity index is 1.89. The monoisotopic (exact) mass is 279 g/mol. The number of fused-ring (bicyclic) bond motifs is 2. The average molecular weight is 279 g/mol. The number of benzene rings is 1. The molecule has 3 rings (SSSR count). The topological polar surface area (TPSA) is 41.7 Å². The van der Waals surface area contributed by atoms with Crippen LogP contribution in [0.5, 0.6) is 5.75 Å². The minimum Gasteiger partial charge on any atom is -0.494 e. The maximum Gasteiger partial charge on any atom is 0.167 e. The fraction of sp³-hybridized carbons (Fsp3) is 0.600. The van der Waals surface area contributed by atoms with Gasteiger partial charge in [-0.15, -0.1) is 0 Å². The predicted molar refractivity (Wildman–Crippen MR) is 78.8 cm³/mol. The number of hydrogen-bond donors (Lipinski definition) is 1. The lowest BCUT2D eigenvalue weighted by Gasteiger charge is -2.29. The van der Waals surface area contributed by atoms with E-state index < -0.39 is 5.82 Å². The van der Waals surface area contributed by atoms with Gasteiger partial charge < -0.3 is 15.4 Å². The predicted octanol–water partition coefficient (Wildman–Crippen LogP) is 2.09. The molecule has 2 heterocycles. The first kappa shape index (κ1) is 13.5. The Morgan fingerprint density at radius 1 is 1.25 bits per heavy atom. The summed E-state index contributed by atoms with van der Waals surface area (Å²) < 4.78 is 18.7. The molecule has 2 bridgehead atoms. The molecule has 0 aliphatic carbocycles. The Kier molecular flexibility index (Phi) is 3.46. The third-order valence-corrected chi connectivity index (χ3v) is 4.79. The van der Waals surface area contributed by atoms with E-state index in [0.29, 0.717) is 17.8 Å². The number of halogens is 1. The lowest BCUT2D eigenvalue weighted by molar-refractivity contribution is 0.254. The van der Waals surface area contributed by atoms with Crippen molar-refractivity contribution in [2.24, 2.45) is 0 Å². The number of rotatable bonds is 2. The molecule has 1 aromatic rings. The van der Waals surface area contributed by atoms with Crippen molar-refractivity contribution in [1.29, 1.82) is 0 Å². The maximum absolute atomic E-state index is 13.7. The smallest absolute Gasteiger partial charge is 0.167 e. The molecule has 2 atom stereocenters. The number of ether oxygens (including phenoxy) is 1. The maximum atomic E-state index is 13.7. The molecular formula is C15H22FN3O. The van der Waals surface area contributed by atoms with Crippen molar-refractivity contribution in [1.82, 2.24) is 4.90 Å². The summed E-state index contributed by atoms with van der Waals surface area (Å²) in [5, 5.41) is 0. The lowest BCUT2D eigenvalue weighted by atomic mass is 10.1. The molecule has 2 unspecified atom stereocenters. The van der Waals surface area contributed by atoms with E-state index in [2.05, 4.69) is 16.8 Å². The molecule has 2 aliphatic rings. The van der Waals surface area contributed by atoms with Crippen molar-refractivity contribution in [3.05, 3.63) is 17.9 Å². The molecule has 0 spiro atoms. The molecule has 0 amide bonds. The van der Waals surface area contributed by atoms with Crippen LogP contribution >= 0.6 is 0 Å². The molecule has 2 saturated heterocycles. The van der Waals surface area contributed by atoms with Gasteiger partial charge in [-0.05, 0) is 26.3 Å². The van der Waals surface area contributed by atoms with Gasteiger partial charge in [-0.2, -0.15) is 0 Å². The number of nitrogens with two attached hydrogens (primary N) is 1. The van der Waals surface area contributed by atoms with Gasteiger partial charge in [0.05, 0.1) is 18.5 Å². The zero-order valence-corrected chi connectivity index (χ0v) is 12.1. The SMILES string of the molecule is COc1cc(N2CCC3CCC(C2)N3C)c(N)cc1F. The first-order valence-electron chi connectivity index (χ1n) is 7.20. The van der Waals surface area contributed by atoms with Crippen LogP contribution in [0.3, 0.4) is 0 Å². The largest absolute Gasteiger partial charge is 0.494 e. The average Bonchev–Trinajstić information content (AvgIpc) is 2.65. The highest BCUT2D eigenvalue weighted by molar-refractivity contribution is 5.70. The van der Waals surface area contributed by atoms with Gasteiger partial charge in [0.25, 0.3) is 0 Å². The molecule has 2 aliphatic heterocycles. The van der Waals surface area contributed by atoms with Gasteiger partial charge in [0, 0.05) is 37.3 Å². The highest BCUT2D eigenvalue weighted by Gasteiger charge is 2.35. The second-order valence-corrected chi connectivity index (χ2v) is 5.83. The van der Waals surface area contributed by atoms with E-state index in [4.69, 9.17) is 10.5 Å². The van der Waals surface area contributed by atoms with Gasteiger partial charge in [0.15, 0.2) is 11.6 Å². The molecule has 2 N–H and O–H groups in total. The van der Waals surface area contributed by atoms with Gasteiger partial charge in [-0.3, -0.25) is 4.90 Å². The molecule has 110 valence electrons. The van der Waals surface area contributed by atoms with Crippen LogP contribution in [0.2, 0.25) is 0 Å². The number of nitrogens with zero attached hydrogens (tertiary/aromatic N) is 2. The highest BCUT2D eigenvalue weighted by Crippen LogP contribution is 2.35. The normalized spacial score (nSPS) is 26.6. The Labute approximate surface area is 119 Å². The summed E-state index contributed by atoms with van der Waals surface area (Å²) in [4.78, 5) is 4.76. The summed E-state index contributed by atoms with van der Waals surface area (Å²) in [6, 6.07) is 4.33. The Hall–Kier alpha value is -1.49. The van der Waals surface area contributed by atoms with E-state index in [1.54, 1.807) is 6.07 Å². The highest BCUT2D eigenvalue weighted by atomic mass is 19.1. The number of methoxy groups -OCH3 is 1. The molecule has 2 fully saturated rings. The van der Waals surface area contributed by atoms with Crippen molar-refractivity contribution in [3.63, 3.8) is 0 Å². The van der Waals surface area contributed by atoms with Crippen LogP contribution in [-0.2, 0) is 0 Å². The minimum absolute atomic E-state index is 0.261. The molecule has 1 aromatic carbocycles. The quantitative estimate of drug-likeness (QED) is 0.842. The standard InChI is InChI=1S/C15H22FN3O/c1-18-10-3-4-11(18)9-19(6-5-10)14-8-15(20-2)12(16)7-13(14)17/h7-8,10-11H,3-6,9,17H2,1-2H3. The molecule has 0 saturated carbocycles. The first-order chi connectivity index (χ1) is 9.60. The third kappa shape index (κ3) is 2.20. The first-order valence-corrected chi connectivity index (χ1v) is 7.20. The van der Waals surface area contributed by atoms with Crippen LogP contribution in [0, 0.1) is 5.82 Å². The molecule has 4 nitrogen and oxygen atoms in total. The van der Waals surface area contributed by atoms with Crippen LogP contribution in [0.4, 0.5) is 15.8 Å². The van der Waals surface area contributed by atoms with Crippen molar-refractivity contribution >= 4 is 11.4 Å². The Bertz CT molecular complexity index is 508. The summed E-state index contributed by atoms with van der Waals surface area (Å²) in [5.41, 5.74) is 7.39. The number of hydrogen-bond acceptors (Lipinski definition) is 4. The second kappa shape index (κ2) is 5.13. The molecule has 0 radical (unpaired) electrons. The van der Waals surface area contributed by atoms with E-state index in [1.165, 1.54) is 26.0 Å². The number of nitrogen functional groups attached to an aromatic ring is 1. The third-order valence-electron chi connectivity index (χ3n) is 4.79. The van der Waals surface area contributed by atoms with E-state index in [-0.39, 0.29) is 5.75 Å². The fourth-order valence-electron chi connectivity index (χ4n) is 3.52. The molecule has 5 heteroatoms. The van der Waals surface area contributed by atoms with E-state index in [9.17, 15) is 4.39 Å². The Morgan fingerprint density at radius 2 is 2.00 bits per heavy atom.